The van der Waals surface area contributed by atoms with Crippen molar-refractivity contribution in [1.29, 1.82) is 0 Å². The molecular weight excluding hydrogens is 633 g/mol. The van der Waals surface area contributed by atoms with Crippen LogP contribution in [0.4, 0.5) is 13.2 Å². The molecule has 3 aromatic carbocycles. The summed E-state index contributed by atoms with van der Waals surface area (Å²) in [5.74, 6) is 0.603. The van der Waals surface area contributed by atoms with E-state index in [1.54, 1.807) is 12.4 Å². The molecule has 3 heterocycles. The van der Waals surface area contributed by atoms with Gasteiger partial charge in [0, 0.05) is 50.2 Å². The predicted molar refractivity (Wildman–Crippen MR) is 191 cm³/mol. The zero-order valence-electron chi connectivity index (χ0n) is 27.9. The van der Waals surface area contributed by atoms with Crippen LogP contribution in [0.2, 0.25) is 0 Å². The minimum Gasteiger partial charge on any atom is -0.361 e. The number of hydrogen-bond acceptors (Lipinski definition) is 4. The highest BCUT2D eigenvalue weighted by molar-refractivity contribution is 5.82. The van der Waals surface area contributed by atoms with Gasteiger partial charge < -0.3 is 9.80 Å². The SMILES string of the molecule is O=C([C@H](Cc1ccccc1)N(C=CCc1ccc(C(F)(F)F)cc1)Cc1ccc(-c2ccncc2)nc1)N1CCC(Cc2ccccc2)CC1. The fourth-order valence-electron chi connectivity index (χ4n) is 6.54. The number of rotatable bonds is 12. The van der Waals surface area contributed by atoms with Crippen molar-refractivity contribution in [2.75, 3.05) is 13.1 Å². The number of benzene rings is 3. The van der Waals surface area contributed by atoms with Crippen molar-refractivity contribution in [2.24, 2.45) is 5.92 Å². The molecule has 50 heavy (non-hydrogen) atoms. The molecule has 0 radical (unpaired) electrons. The molecule has 1 atom stereocenters. The zero-order valence-corrected chi connectivity index (χ0v) is 27.9. The third-order valence-corrected chi connectivity index (χ3v) is 9.35. The Balaban J connectivity index is 1.24. The van der Waals surface area contributed by atoms with Crippen LogP contribution >= 0.6 is 0 Å². The quantitative estimate of drug-likeness (QED) is 0.133. The summed E-state index contributed by atoms with van der Waals surface area (Å²) in [6.07, 6.45) is 8.63. The van der Waals surface area contributed by atoms with Gasteiger partial charge in [-0.25, -0.2) is 0 Å². The second-order valence-corrected chi connectivity index (χ2v) is 12.9. The van der Waals surface area contributed by atoms with E-state index >= 15 is 0 Å². The van der Waals surface area contributed by atoms with Crippen molar-refractivity contribution in [2.45, 2.75) is 50.9 Å². The average molecular weight is 675 g/mol. The summed E-state index contributed by atoms with van der Waals surface area (Å²) in [7, 11) is 0. The summed E-state index contributed by atoms with van der Waals surface area (Å²) in [5.41, 5.74) is 5.20. The molecule has 1 saturated heterocycles. The molecule has 256 valence electrons. The van der Waals surface area contributed by atoms with E-state index in [-0.39, 0.29) is 5.91 Å². The van der Waals surface area contributed by atoms with Gasteiger partial charge >= 0.3 is 6.18 Å². The van der Waals surface area contributed by atoms with E-state index in [0.29, 0.717) is 38.4 Å². The number of likely N-dealkylation sites (tertiary alicyclic amines) is 1. The van der Waals surface area contributed by atoms with Crippen LogP contribution in [0, 0.1) is 5.92 Å². The fourth-order valence-corrected chi connectivity index (χ4v) is 6.54. The summed E-state index contributed by atoms with van der Waals surface area (Å²) >= 11 is 0. The normalized spacial score (nSPS) is 14.5. The minimum absolute atomic E-state index is 0.0764. The smallest absolute Gasteiger partial charge is 0.361 e. The Morgan fingerprint density at radius 3 is 2.06 bits per heavy atom. The number of alkyl halides is 3. The molecule has 0 N–H and O–H groups in total. The molecule has 5 nitrogen and oxygen atoms in total. The Labute approximate surface area is 292 Å². The Bertz CT molecular complexity index is 1810. The maximum atomic E-state index is 14.5. The first-order chi connectivity index (χ1) is 24.3. The predicted octanol–water partition coefficient (Wildman–Crippen LogP) is 8.81. The van der Waals surface area contributed by atoms with Crippen molar-refractivity contribution < 1.29 is 18.0 Å². The number of aromatic nitrogens is 2. The average Bonchev–Trinajstić information content (AvgIpc) is 3.15. The summed E-state index contributed by atoms with van der Waals surface area (Å²) in [6, 6.07) is 33.1. The number of carbonyl (C=O) groups is 1. The molecule has 5 aromatic rings. The largest absolute Gasteiger partial charge is 0.416 e. The van der Waals surface area contributed by atoms with Crippen LogP contribution in [0.3, 0.4) is 0 Å². The van der Waals surface area contributed by atoms with Crippen molar-refractivity contribution in [3.8, 4) is 11.3 Å². The van der Waals surface area contributed by atoms with E-state index in [1.165, 1.54) is 17.7 Å². The van der Waals surface area contributed by atoms with E-state index in [9.17, 15) is 18.0 Å². The molecule has 0 unspecified atom stereocenters. The van der Waals surface area contributed by atoms with Gasteiger partial charge in [0.1, 0.15) is 6.04 Å². The molecule has 2 aromatic heterocycles. The first kappa shape index (κ1) is 34.6. The van der Waals surface area contributed by atoms with Crippen molar-refractivity contribution >= 4 is 5.91 Å². The standard InChI is InChI=1S/C42H41F3N4O/c43-42(44,45)38-16-13-32(14-17-38)12-7-25-49(31-36-15-18-39(47-30-36)37-19-23-46-24-20-37)40(29-34-10-5-2-6-11-34)41(50)48-26-21-35(22-27-48)28-33-8-3-1-4-9-33/h1-11,13-20,23-25,30,35,40H,12,21-22,26-29,31H2/t40-/m0/s1. The molecule has 1 aliphatic heterocycles. The Morgan fingerprint density at radius 1 is 0.800 bits per heavy atom. The monoisotopic (exact) mass is 674 g/mol. The molecule has 8 heteroatoms. The summed E-state index contributed by atoms with van der Waals surface area (Å²) in [5, 5.41) is 0. The van der Waals surface area contributed by atoms with Crippen LogP contribution < -0.4 is 0 Å². The lowest BCUT2D eigenvalue weighted by atomic mass is 9.89. The number of halogens is 3. The molecule has 0 bridgehead atoms. The summed E-state index contributed by atoms with van der Waals surface area (Å²) in [6.45, 7) is 1.83. The van der Waals surface area contributed by atoms with Crippen LogP contribution in [-0.2, 0) is 36.8 Å². The molecule has 1 amide bonds. The van der Waals surface area contributed by atoms with Crippen LogP contribution in [0.25, 0.3) is 11.3 Å². The van der Waals surface area contributed by atoms with Gasteiger partial charge in [-0.05, 0) is 90.4 Å². The minimum atomic E-state index is -4.38. The number of allylic oxidation sites excluding steroid dienone is 1. The number of carbonyl (C=O) groups excluding carboxylic acids is 1. The second-order valence-electron chi connectivity index (χ2n) is 12.9. The number of amides is 1. The number of pyridine rings is 2. The van der Waals surface area contributed by atoms with Crippen molar-refractivity contribution in [1.82, 2.24) is 19.8 Å². The number of hydrogen-bond donors (Lipinski definition) is 0. The molecular formula is C42H41F3N4O. The van der Waals surface area contributed by atoms with Crippen LogP contribution in [0.1, 0.15) is 40.7 Å². The molecule has 1 aliphatic rings. The number of piperidine rings is 1. The summed E-state index contributed by atoms with van der Waals surface area (Å²) in [4.78, 5) is 27.4. The first-order valence-electron chi connectivity index (χ1n) is 17.1. The van der Waals surface area contributed by atoms with Gasteiger partial charge in [-0.1, -0.05) is 84.9 Å². The van der Waals surface area contributed by atoms with Crippen molar-refractivity contribution in [3.63, 3.8) is 0 Å². The Morgan fingerprint density at radius 2 is 1.44 bits per heavy atom. The lowest BCUT2D eigenvalue weighted by Gasteiger charge is -2.38. The highest BCUT2D eigenvalue weighted by Gasteiger charge is 2.32. The van der Waals surface area contributed by atoms with E-state index < -0.39 is 17.8 Å². The van der Waals surface area contributed by atoms with Crippen LogP contribution in [-0.4, -0.2) is 44.8 Å². The molecule has 0 spiro atoms. The molecule has 0 saturated carbocycles. The van der Waals surface area contributed by atoms with Gasteiger partial charge in [0.15, 0.2) is 0 Å². The van der Waals surface area contributed by atoms with Gasteiger partial charge in [0.25, 0.3) is 0 Å². The number of nitrogens with zero attached hydrogens (tertiary/aromatic N) is 4. The van der Waals surface area contributed by atoms with Gasteiger partial charge in [-0.2, -0.15) is 13.2 Å². The van der Waals surface area contributed by atoms with Gasteiger partial charge in [-0.3, -0.25) is 14.8 Å². The van der Waals surface area contributed by atoms with Crippen LogP contribution in [0.5, 0.6) is 0 Å². The summed E-state index contributed by atoms with van der Waals surface area (Å²) < 4.78 is 39.5. The third-order valence-electron chi connectivity index (χ3n) is 9.35. The van der Waals surface area contributed by atoms with Gasteiger partial charge in [0.2, 0.25) is 5.91 Å². The van der Waals surface area contributed by atoms with Gasteiger partial charge in [-0.15, -0.1) is 0 Å². The first-order valence-corrected chi connectivity index (χ1v) is 17.1. The van der Waals surface area contributed by atoms with E-state index in [0.717, 1.165) is 59.3 Å². The van der Waals surface area contributed by atoms with E-state index in [4.69, 9.17) is 4.98 Å². The zero-order chi connectivity index (χ0) is 34.8. The lowest BCUT2D eigenvalue weighted by molar-refractivity contribution is -0.138. The second kappa shape index (κ2) is 16.4. The van der Waals surface area contributed by atoms with Crippen LogP contribution in [0.15, 0.2) is 140 Å². The van der Waals surface area contributed by atoms with E-state index in [2.05, 4.69) is 34.1 Å². The molecule has 1 fully saturated rings. The lowest BCUT2D eigenvalue weighted by Crippen LogP contribution is -2.50. The Hall–Kier alpha value is -5.24. The fraction of sp³-hybridized carbons (Fsp3) is 0.262. The maximum Gasteiger partial charge on any atom is 0.416 e. The highest BCUT2D eigenvalue weighted by Crippen LogP contribution is 2.29. The molecule has 6 rings (SSSR count). The Kier molecular flexibility index (Phi) is 11.4. The van der Waals surface area contributed by atoms with E-state index in [1.807, 2.05) is 84.0 Å². The molecule has 0 aliphatic carbocycles. The topological polar surface area (TPSA) is 49.3 Å². The van der Waals surface area contributed by atoms with Crippen molar-refractivity contribution in [3.05, 3.63) is 168 Å². The highest BCUT2D eigenvalue weighted by atomic mass is 19.4. The van der Waals surface area contributed by atoms with Gasteiger partial charge in [0.05, 0.1) is 11.3 Å². The third kappa shape index (κ3) is 9.47. The maximum absolute atomic E-state index is 14.5.